The van der Waals surface area contributed by atoms with E-state index >= 15 is 0 Å². The van der Waals surface area contributed by atoms with Crippen molar-refractivity contribution in [3.05, 3.63) is 87.5 Å². The summed E-state index contributed by atoms with van der Waals surface area (Å²) in [6.07, 6.45) is 2.37. The number of aryl methyl sites for hydroxylation is 1. The van der Waals surface area contributed by atoms with E-state index in [1.54, 1.807) is 0 Å². The maximum absolute atomic E-state index is 12.9. The predicted octanol–water partition coefficient (Wildman–Crippen LogP) is 8.32. The molecule has 1 saturated heterocycles. The van der Waals surface area contributed by atoms with Gasteiger partial charge in [-0.3, -0.25) is 4.40 Å². The molecule has 0 amide bonds. The second-order valence-corrected chi connectivity index (χ2v) is 15.1. The first kappa shape index (κ1) is 37.0. The highest BCUT2D eigenvalue weighted by molar-refractivity contribution is 9.10. The van der Waals surface area contributed by atoms with Crippen LogP contribution in [0.1, 0.15) is 75.8 Å². The van der Waals surface area contributed by atoms with E-state index in [2.05, 4.69) is 44.3 Å². The quantitative estimate of drug-likeness (QED) is 0.129. The molecule has 1 unspecified atom stereocenters. The molecule has 9 nitrogen and oxygen atoms in total. The van der Waals surface area contributed by atoms with Gasteiger partial charge in [-0.05, 0) is 90.1 Å². The Kier molecular flexibility index (Phi) is 11.9. The lowest BCUT2D eigenvalue weighted by Crippen LogP contribution is -2.46. The molecular weight excluding hydrogens is 686 g/mol. The summed E-state index contributed by atoms with van der Waals surface area (Å²) in [7, 11) is 0. The maximum atomic E-state index is 12.9. The minimum absolute atomic E-state index is 0.0213. The molecule has 0 aliphatic carbocycles. The van der Waals surface area contributed by atoms with Crippen molar-refractivity contribution in [1.82, 2.24) is 9.38 Å². The number of halogens is 1. The van der Waals surface area contributed by atoms with E-state index in [1.165, 1.54) is 0 Å². The number of piperidine rings is 1. The number of benzene rings is 2. The number of pyridine rings is 1. The lowest BCUT2D eigenvalue weighted by molar-refractivity contribution is -0.160. The SMILES string of the molecule is Cc1c(C(OC(C)(C)C)C(=O)O)c(N2CCC(C)(OCCOC[C@H](C)OCc3ccccc3)CC2)n2cc(-c3cccc(Br)c3)nc2c1C. The maximum Gasteiger partial charge on any atom is 0.337 e. The molecule has 264 valence electrons. The Hall–Kier alpha value is -3.28. The number of aromatic nitrogens is 2. The smallest absolute Gasteiger partial charge is 0.337 e. The third-order valence-corrected chi connectivity index (χ3v) is 9.58. The van der Waals surface area contributed by atoms with Gasteiger partial charge in [0.25, 0.3) is 0 Å². The van der Waals surface area contributed by atoms with Crippen molar-refractivity contribution in [3.63, 3.8) is 0 Å². The Labute approximate surface area is 298 Å². The highest BCUT2D eigenvalue weighted by atomic mass is 79.9. The number of rotatable bonds is 14. The fourth-order valence-corrected chi connectivity index (χ4v) is 6.68. The Morgan fingerprint density at radius 1 is 1.04 bits per heavy atom. The van der Waals surface area contributed by atoms with Gasteiger partial charge in [0, 0.05) is 34.9 Å². The van der Waals surface area contributed by atoms with Crippen molar-refractivity contribution in [2.24, 2.45) is 0 Å². The van der Waals surface area contributed by atoms with Crippen LogP contribution in [0, 0.1) is 13.8 Å². The molecule has 2 aromatic carbocycles. The summed E-state index contributed by atoms with van der Waals surface area (Å²) in [5.41, 5.74) is 5.18. The number of aliphatic carboxylic acids is 1. The molecule has 1 fully saturated rings. The minimum atomic E-state index is -1.16. The summed E-state index contributed by atoms with van der Waals surface area (Å²) in [5, 5.41) is 10.5. The highest BCUT2D eigenvalue weighted by Crippen LogP contribution is 2.41. The number of carboxylic acids is 1. The Morgan fingerprint density at radius 3 is 2.41 bits per heavy atom. The average molecular weight is 737 g/mol. The van der Waals surface area contributed by atoms with Crippen LogP contribution in [0.15, 0.2) is 65.3 Å². The number of carboxylic acid groups (broad SMARTS) is 1. The number of anilines is 1. The van der Waals surface area contributed by atoms with Crippen LogP contribution in [0.25, 0.3) is 16.9 Å². The summed E-state index contributed by atoms with van der Waals surface area (Å²) < 4.78 is 27.5. The van der Waals surface area contributed by atoms with Crippen molar-refractivity contribution >= 4 is 33.4 Å². The van der Waals surface area contributed by atoms with Crippen LogP contribution < -0.4 is 4.90 Å². The monoisotopic (exact) mass is 735 g/mol. The van der Waals surface area contributed by atoms with Crippen molar-refractivity contribution in [1.29, 1.82) is 0 Å². The van der Waals surface area contributed by atoms with Crippen molar-refractivity contribution in [2.75, 3.05) is 37.8 Å². The number of carbonyl (C=O) groups is 1. The largest absolute Gasteiger partial charge is 0.479 e. The molecule has 4 aromatic rings. The van der Waals surface area contributed by atoms with E-state index in [0.717, 1.165) is 56.7 Å². The molecule has 0 radical (unpaired) electrons. The molecular formula is C39H50BrN3O6. The first-order chi connectivity index (χ1) is 23.2. The normalized spacial score (nSPS) is 16.2. The second kappa shape index (κ2) is 15.7. The molecule has 49 heavy (non-hydrogen) atoms. The second-order valence-electron chi connectivity index (χ2n) is 14.2. The topological polar surface area (TPSA) is 94.8 Å². The number of ether oxygens (including phenoxy) is 4. The summed E-state index contributed by atoms with van der Waals surface area (Å²) in [6.45, 7) is 17.2. The fourth-order valence-electron chi connectivity index (χ4n) is 6.28. The minimum Gasteiger partial charge on any atom is -0.479 e. The van der Waals surface area contributed by atoms with Crippen LogP contribution in [0.2, 0.25) is 0 Å². The van der Waals surface area contributed by atoms with Crippen LogP contribution in [0.3, 0.4) is 0 Å². The van der Waals surface area contributed by atoms with Crippen LogP contribution in [-0.4, -0.2) is 70.7 Å². The van der Waals surface area contributed by atoms with Crippen LogP contribution in [0.4, 0.5) is 5.82 Å². The van der Waals surface area contributed by atoms with Gasteiger partial charge in [0.1, 0.15) is 11.5 Å². The third-order valence-electron chi connectivity index (χ3n) is 9.08. The number of imidazole rings is 1. The molecule has 1 aliphatic heterocycles. The Bertz CT molecular complexity index is 1730. The summed E-state index contributed by atoms with van der Waals surface area (Å²) in [4.78, 5) is 20.2. The molecule has 10 heteroatoms. The lowest BCUT2D eigenvalue weighted by atomic mass is 9.92. The van der Waals surface area contributed by atoms with Gasteiger partial charge in [-0.15, -0.1) is 0 Å². The van der Waals surface area contributed by atoms with Crippen LogP contribution in [0.5, 0.6) is 0 Å². The molecule has 0 saturated carbocycles. The molecule has 2 atom stereocenters. The van der Waals surface area contributed by atoms with E-state index in [9.17, 15) is 9.90 Å². The van der Waals surface area contributed by atoms with E-state index in [1.807, 2.05) is 90.2 Å². The van der Waals surface area contributed by atoms with Gasteiger partial charge in [-0.2, -0.15) is 0 Å². The zero-order valence-electron chi connectivity index (χ0n) is 29.8. The molecule has 1 aliphatic rings. The van der Waals surface area contributed by atoms with E-state index in [-0.39, 0.29) is 11.7 Å². The Balaban J connectivity index is 1.33. The average Bonchev–Trinajstić information content (AvgIpc) is 3.50. The van der Waals surface area contributed by atoms with Gasteiger partial charge in [0.2, 0.25) is 0 Å². The third kappa shape index (κ3) is 9.29. The van der Waals surface area contributed by atoms with Crippen molar-refractivity contribution in [2.45, 2.75) is 91.3 Å². The standard InChI is InChI=1S/C39H50BrN3O6/c1-26(47-25-29-12-9-8-10-13-29)24-46-20-21-48-39(7)16-18-42(19-17-39)36-33(34(37(44)45)49-38(4,5)6)27(2)28(3)35-41-32(23-43(35)36)30-14-11-15-31(40)22-30/h8-15,22-23,26,34H,16-21,24-25H2,1-7H3,(H,44,45)/t26-,34?/m0/s1. The van der Waals surface area contributed by atoms with E-state index < -0.39 is 17.7 Å². The lowest BCUT2D eigenvalue weighted by Gasteiger charge is -2.42. The van der Waals surface area contributed by atoms with Crippen LogP contribution in [-0.2, 0) is 30.3 Å². The molecule has 5 rings (SSSR count). The van der Waals surface area contributed by atoms with Crippen LogP contribution >= 0.6 is 15.9 Å². The zero-order valence-corrected chi connectivity index (χ0v) is 31.4. The van der Waals surface area contributed by atoms with Gasteiger partial charge >= 0.3 is 5.97 Å². The van der Waals surface area contributed by atoms with E-state index in [4.69, 9.17) is 23.9 Å². The molecule has 3 heterocycles. The molecule has 1 N–H and O–H groups in total. The number of nitrogens with zero attached hydrogens (tertiary/aromatic N) is 3. The van der Waals surface area contributed by atoms with Gasteiger partial charge in [0.05, 0.1) is 49.4 Å². The van der Waals surface area contributed by atoms with Crippen molar-refractivity contribution in [3.8, 4) is 11.3 Å². The van der Waals surface area contributed by atoms with Gasteiger partial charge in [-0.25, -0.2) is 9.78 Å². The van der Waals surface area contributed by atoms with Gasteiger partial charge in [0.15, 0.2) is 6.10 Å². The molecule has 2 aromatic heterocycles. The van der Waals surface area contributed by atoms with E-state index in [0.29, 0.717) is 45.1 Å². The molecule has 0 spiro atoms. The zero-order chi connectivity index (χ0) is 35.3. The fraction of sp³-hybridized carbons (Fsp3) is 0.487. The number of hydrogen-bond acceptors (Lipinski definition) is 7. The first-order valence-corrected chi connectivity index (χ1v) is 17.8. The van der Waals surface area contributed by atoms with Gasteiger partial charge < -0.3 is 29.0 Å². The summed E-state index contributed by atoms with van der Waals surface area (Å²) in [5.74, 6) is -0.214. The predicted molar refractivity (Wildman–Crippen MR) is 196 cm³/mol. The Morgan fingerprint density at radius 2 is 1.76 bits per heavy atom. The highest BCUT2D eigenvalue weighted by Gasteiger charge is 2.37. The summed E-state index contributed by atoms with van der Waals surface area (Å²) in [6, 6.07) is 18.2. The number of fused-ring (bicyclic) bond motifs is 1. The van der Waals surface area contributed by atoms with Gasteiger partial charge in [-0.1, -0.05) is 58.4 Å². The first-order valence-electron chi connectivity index (χ1n) is 17.1. The summed E-state index contributed by atoms with van der Waals surface area (Å²) >= 11 is 3.59. The van der Waals surface area contributed by atoms with Crippen molar-refractivity contribution < 1.29 is 28.8 Å². The number of hydrogen-bond donors (Lipinski definition) is 1. The molecule has 0 bridgehead atoms.